The third kappa shape index (κ3) is 4.23. The molecule has 0 spiro atoms. The molecule has 1 N–H and O–H groups in total. The maximum atomic E-state index is 5.37. The van der Waals surface area contributed by atoms with Crippen LogP contribution in [0.5, 0.6) is 0 Å². The highest BCUT2D eigenvalue weighted by Gasteiger charge is 2.32. The van der Waals surface area contributed by atoms with E-state index in [1.165, 1.54) is 19.4 Å². The molecule has 17 heavy (non-hydrogen) atoms. The normalized spacial score (nSPS) is 32.6. The predicted octanol–water partition coefficient (Wildman–Crippen LogP) is 2.12. The van der Waals surface area contributed by atoms with Crippen molar-refractivity contribution in [3.63, 3.8) is 0 Å². The molecule has 0 aromatic carbocycles. The maximum absolute atomic E-state index is 5.37. The zero-order valence-electron chi connectivity index (χ0n) is 12.2. The molecule has 1 heterocycles. The Labute approximate surface area is 107 Å². The fraction of sp³-hybridized carbons (Fsp3) is 1.00. The van der Waals surface area contributed by atoms with Gasteiger partial charge >= 0.3 is 0 Å². The van der Waals surface area contributed by atoms with Crippen LogP contribution in [-0.2, 0) is 4.74 Å². The Balaban J connectivity index is 2.44. The molecule has 0 bridgehead atoms. The number of rotatable bonds is 6. The molecule has 4 atom stereocenters. The average Bonchev–Trinajstić information content (AvgIpc) is 2.34. The van der Waals surface area contributed by atoms with Gasteiger partial charge in [-0.05, 0) is 39.2 Å². The standard InChI is InChI=1S/C14H30N2O/c1-6-8-15-14-7-9-16(10-11(2)17-5)13(4)12(14)3/h11-15H,6-10H2,1-5H3. The molecule has 1 aliphatic heterocycles. The SMILES string of the molecule is CCCNC1CCN(CC(C)OC)C(C)C1C. The van der Waals surface area contributed by atoms with Crippen molar-refractivity contribution in [3.05, 3.63) is 0 Å². The Morgan fingerprint density at radius 2 is 2.12 bits per heavy atom. The van der Waals surface area contributed by atoms with Crippen LogP contribution in [-0.4, -0.2) is 49.8 Å². The Morgan fingerprint density at radius 3 is 2.71 bits per heavy atom. The van der Waals surface area contributed by atoms with Crippen LogP contribution >= 0.6 is 0 Å². The number of likely N-dealkylation sites (tertiary alicyclic amines) is 1. The van der Waals surface area contributed by atoms with Gasteiger partial charge in [0, 0.05) is 32.3 Å². The summed E-state index contributed by atoms with van der Waals surface area (Å²) in [6.45, 7) is 12.5. The second-order valence-corrected chi connectivity index (χ2v) is 5.49. The molecular formula is C14H30N2O. The Hall–Kier alpha value is -0.120. The largest absolute Gasteiger partial charge is 0.380 e. The van der Waals surface area contributed by atoms with E-state index in [4.69, 9.17) is 4.74 Å². The second-order valence-electron chi connectivity index (χ2n) is 5.49. The van der Waals surface area contributed by atoms with Gasteiger partial charge in [0.2, 0.25) is 0 Å². The molecule has 0 radical (unpaired) electrons. The van der Waals surface area contributed by atoms with E-state index < -0.39 is 0 Å². The Morgan fingerprint density at radius 1 is 1.41 bits per heavy atom. The van der Waals surface area contributed by atoms with E-state index in [0.29, 0.717) is 18.2 Å². The smallest absolute Gasteiger partial charge is 0.0670 e. The number of nitrogens with one attached hydrogen (secondary N) is 1. The fourth-order valence-electron chi connectivity index (χ4n) is 2.72. The fourth-order valence-corrected chi connectivity index (χ4v) is 2.72. The molecule has 0 aromatic heterocycles. The molecule has 102 valence electrons. The van der Waals surface area contributed by atoms with Crippen LogP contribution in [0.25, 0.3) is 0 Å². The monoisotopic (exact) mass is 242 g/mol. The lowest BCUT2D eigenvalue weighted by atomic mass is 9.86. The van der Waals surface area contributed by atoms with Gasteiger partial charge in [0.25, 0.3) is 0 Å². The predicted molar refractivity (Wildman–Crippen MR) is 73.4 cm³/mol. The summed E-state index contributed by atoms with van der Waals surface area (Å²) in [5.74, 6) is 0.722. The summed E-state index contributed by atoms with van der Waals surface area (Å²) < 4.78 is 5.37. The average molecular weight is 242 g/mol. The summed E-state index contributed by atoms with van der Waals surface area (Å²) >= 11 is 0. The van der Waals surface area contributed by atoms with E-state index in [2.05, 4.69) is 37.9 Å². The molecular weight excluding hydrogens is 212 g/mol. The van der Waals surface area contributed by atoms with Crippen LogP contribution in [0, 0.1) is 5.92 Å². The molecule has 1 rings (SSSR count). The minimum atomic E-state index is 0.338. The van der Waals surface area contributed by atoms with Gasteiger partial charge < -0.3 is 10.1 Å². The lowest BCUT2D eigenvalue weighted by molar-refractivity contribution is 0.0240. The van der Waals surface area contributed by atoms with Crippen molar-refractivity contribution in [2.24, 2.45) is 5.92 Å². The van der Waals surface area contributed by atoms with Gasteiger partial charge in [-0.3, -0.25) is 4.90 Å². The van der Waals surface area contributed by atoms with Gasteiger partial charge in [0.05, 0.1) is 6.10 Å². The van der Waals surface area contributed by atoms with E-state index in [9.17, 15) is 0 Å². The van der Waals surface area contributed by atoms with Crippen molar-refractivity contribution in [2.45, 2.75) is 58.7 Å². The lowest BCUT2D eigenvalue weighted by Gasteiger charge is -2.43. The summed E-state index contributed by atoms with van der Waals surface area (Å²) in [5, 5.41) is 3.68. The molecule has 1 aliphatic rings. The molecule has 0 aliphatic carbocycles. The first-order valence-electron chi connectivity index (χ1n) is 7.10. The zero-order chi connectivity index (χ0) is 12.8. The number of methoxy groups -OCH3 is 1. The highest BCUT2D eigenvalue weighted by Crippen LogP contribution is 2.23. The van der Waals surface area contributed by atoms with Crippen molar-refractivity contribution in [3.8, 4) is 0 Å². The van der Waals surface area contributed by atoms with E-state index >= 15 is 0 Å². The van der Waals surface area contributed by atoms with Gasteiger partial charge in [-0.2, -0.15) is 0 Å². The van der Waals surface area contributed by atoms with E-state index in [1.54, 1.807) is 7.11 Å². The molecule has 1 saturated heterocycles. The molecule has 0 amide bonds. The van der Waals surface area contributed by atoms with E-state index in [1.807, 2.05) is 0 Å². The molecule has 3 heteroatoms. The van der Waals surface area contributed by atoms with Gasteiger partial charge in [-0.1, -0.05) is 13.8 Å². The third-order valence-electron chi connectivity index (χ3n) is 4.25. The Bertz CT molecular complexity index is 210. The minimum absolute atomic E-state index is 0.338. The van der Waals surface area contributed by atoms with E-state index in [-0.39, 0.29) is 0 Å². The van der Waals surface area contributed by atoms with Crippen LogP contribution in [0.4, 0.5) is 0 Å². The van der Waals surface area contributed by atoms with Gasteiger partial charge in [0.1, 0.15) is 0 Å². The summed E-state index contributed by atoms with van der Waals surface area (Å²) in [5.41, 5.74) is 0. The maximum Gasteiger partial charge on any atom is 0.0670 e. The first-order chi connectivity index (χ1) is 8.10. The van der Waals surface area contributed by atoms with Crippen LogP contribution in [0.2, 0.25) is 0 Å². The molecule has 1 fully saturated rings. The lowest BCUT2D eigenvalue weighted by Crippen LogP contribution is -2.54. The van der Waals surface area contributed by atoms with Crippen LogP contribution in [0.15, 0.2) is 0 Å². The summed E-state index contributed by atoms with van der Waals surface area (Å²) in [7, 11) is 1.80. The van der Waals surface area contributed by atoms with Gasteiger partial charge in [-0.15, -0.1) is 0 Å². The second kappa shape index (κ2) is 7.34. The van der Waals surface area contributed by atoms with E-state index in [0.717, 1.165) is 19.0 Å². The first-order valence-corrected chi connectivity index (χ1v) is 7.10. The van der Waals surface area contributed by atoms with Crippen molar-refractivity contribution < 1.29 is 4.74 Å². The van der Waals surface area contributed by atoms with Crippen molar-refractivity contribution >= 4 is 0 Å². The summed E-state index contributed by atoms with van der Waals surface area (Å²) in [6, 6.07) is 1.34. The number of ether oxygens (including phenoxy) is 1. The number of hydrogen-bond donors (Lipinski definition) is 1. The third-order valence-corrected chi connectivity index (χ3v) is 4.25. The van der Waals surface area contributed by atoms with Crippen LogP contribution in [0.3, 0.4) is 0 Å². The Kier molecular flexibility index (Phi) is 6.45. The zero-order valence-corrected chi connectivity index (χ0v) is 12.2. The minimum Gasteiger partial charge on any atom is -0.380 e. The van der Waals surface area contributed by atoms with Crippen molar-refractivity contribution in [2.75, 3.05) is 26.7 Å². The molecule has 3 nitrogen and oxygen atoms in total. The molecule has 4 unspecified atom stereocenters. The van der Waals surface area contributed by atoms with Crippen molar-refractivity contribution in [1.82, 2.24) is 10.2 Å². The highest BCUT2D eigenvalue weighted by molar-refractivity contribution is 4.89. The quantitative estimate of drug-likeness (QED) is 0.772. The van der Waals surface area contributed by atoms with Crippen LogP contribution < -0.4 is 5.32 Å². The molecule has 0 saturated carbocycles. The first kappa shape index (κ1) is 14.9. The summed E-state index contributed by atoms with van der Waals surface area (Å²) in [4.78, 5) is 2.57. The van der Waals surface area contributed by atoms with Gasteiger partial charge in [-0.25, -0.2) is 0 Å². The summed E-state index contributed by atoms with van der Waals surface area (Å²) in [6.07, 6.45) is 2.83. The number of piperidine rings is 1. The topological polar surface area (TPSA) is 24.5 Å². The number of hydrogen-bond acceptors (Lipinski definition) is 3. The highest BCUT2D eigenvalue weighted by atomic mass is 16.5. The molecule has 0 aromatic rings. The van der Waals surface area contributed by atoms with Gasteiger partial charge in [0.15, 0.2) is 0 Å². The van der Waals surface area contributed by atoms with Crippen molar-refractivity contribution in [1.29, 1.82) is 0 Å². The number of nitrogens with zero attached hydrogens (tertiary/aromatic N) is 1. The van der Waals surface area contributed by atoms with Crippen LogP contribution in [0.1, 0.15) is 40.5 Å².